The first-order valence-corrected chi connectivity index (χ1v) is 10.3. The van der Waals surface area contributed by atoms with E-state index in [0.717, 1.165) is 11.1 Å². The highest BCUT2D eigenvalue weighted by Crippen LogP contribution is 2.27. The highest BCUT2D eigenvalue weighted by molar-refractivity contribution is 7.89. The zero-order valence-electron chi connectivity index (χ0n) is 15.3. The Balaban J connectivity index is 1.65. The van der Waals surface area contributed by atoms with Gasteiger partial charge in [0.2, 0.25) is 10.0 Å². The molecule has 0 radical (unpaired) electrons. The van der Waals surface area contributed by atoms with Gasteiger partial charge in [0.1, 0.15) is 0 Å². The monoisotopic (exact) mass is 391 g/mol. The molecule has 0 aliphatic carbocycles. The maximum Gasteiger partial charge on any atom is 0.314 e. The standard InChI is InChI=1S/C20H22FNO4S/c1-14-7-8-17(13-15(14)2)27(24,25)22-11-9-16(10-12-22)20(23)26-19-6-4-3-5-18(19)21/h3-8,13,16H,9-12H2,1-2H3. The summed E-state index contributed by atoms with van der Waals surface area (Å²) in [7, 11) is -3.59. The number of sulfonamides is 1. The fraction of sp³-hybridized carbons (Fsp3) is 0.350. The minimum atomic E-state index is -3.59. The van der Waals surface area contributed by atoms with Crippen LogP contribution < -0.4 is 4.74 Å². The third-order valence-corrected chi connectivity index (χ3v) is 6.85. The van der Waals surface area contributed by atoms with Crippen molar-refractivity contribution in [1.29, 1.82) is 0 Å². The summed E-state index contributed by atoms with van der Waals surface area (Å²) in [4.78, 5) is 12.5. The van der Waals surface area contributed by atoms with Crippen LogP contribution in [-0.2, 0) is 14.8 Å². The topological polar surface area (TPSA) is 63.7 Å². The van der Waals surface area contributed by atoms with Crippen LogP contribution in [0.1, 0.15) is 24.0 Å². The normalized spacial score (nSPS) is 16.3. The summed E-state index contributed by atoms with van der Waals surface area (Å²) in [6.45, 7) is 4.26. The van der Waals surface area contributed by atoms with Gasteiger partial charge < -0.3 is 4.74 Å². The Morgan fingerprint density at radius 2 is 1.74 bits per heavy atom. The van der Waals surface area contributed by atoms with E-state index in [2.05, 4.69) is 0 Å². The van der Waals surface area contributed by atoms with Gasteiger partial charge in [-0.1, -0.05) is 18.2 Å². The molecule has 0 N–H and O–H groups in total. The van der Waals surface area contributed by atoms with Crippen LogP contribution in [0.3, 0.4) is 0 Å². The largest absolute Gasteiger partial charge is 0.423 e. The highest BCUT2D eigenvalue weighted by Gasteiger charge is 2.33. The molecular formula is C20H22FNO4S. The number of carbonyl (C=O) groups excluding carboxylic acids is 1. The second-order valence-electron chi connectivity index (χ2n) is 6.78. The van der Waals surface area contributed by atoms with E-state index in [9.17, 15) is 17.6 Å². The van der Waals surface area contributed by atoms with Crippen LogP contribution in [0.2, 0.25) is 0 Å². The van der Waals surface area contributed by atoms with E-state index in [-0.39, 0.29) is 23.7 Å². The van der Waals surface area contributed by atoms with E-state index in [1.807, 2.05) is 13.8 Å². The molecule has 1 aliphatic rings. The van der Waals surface area contributed by atoms with Gasteiger partial charge >= 0.3 is 5.97 Å². The van der Waals surface area contributed by atoms with Crippen molar-refractivity contribution in [2.75, 3.05) is 13.1 Å². The van der Waals surface area contributed by atoms with E-state index in [4.69, 9.17) is 4.74 Å². The number of piperidine rings is 1. The number of aryl methyl sites for hydroxylation is 2. The molecule has 0 atom stereocenters. The second-order valence-corrected chi connectivity index (χ2v) is 8.71. The summed E-state index contributed by atoms with van der Waals surface area (Å²) >= 11 is 0. The van der Waals surface area contributed by atoms with Crippen molar-refractivity contribution in [2.24, 2.45) is 5.92 Å². The summed E-state index contributed by atoms with van der Waals surface area (Å²) in [6, 6.07) is 10.8. The van der Waals surface area contributed by atoms with Crippen molar-refractivity contribution in [3.05, 3.63) is 59.4 Å². The van der Waals surface area contributed by atoms with E-state index in [1.165, 1.54) is 22.5 Å². The van der Waals surface area contributed by atoms with Crippen LogP contribution in [-0.4, -0.2) is 31.8 Å². The molecule has 0 bridgehead atoms. The lowest BCUT2D eigenvalue weighted by Gasteiger charge is -2.30. The predicted molar refractivity (Wildman–Crippen MR) is 99.4 cm³/mol. The van der Waals surface area contributed by atoms with Gasteiger partial charge in [-0.3, -0.25) is 4.79 Å². The number of benzene rings is 2. The van der Waals surface area contributed by atoms with Crippen LogP contribution in [0, 0.1) is 25.6 Å². The number of hydrogen-bond acceptors (Lipinski definition) is 4. The SMILES string of the molecule is Cc1ccc(S(=O)(=O)N2CCC(C(=O)Oc3ccccc3F)CC2)cc1C. The molecule has 1 aliphatic heterocycles. The number of halogens is 1. The summed E-state index contributed by atoms with van der Waals surface area (Å²) < 4.78 is 45.8. The van der Waals surface area contributed by atoms with Crippen LogP contribution in [0.5, 0.6) is 5.75 Å². The number of para-hydroxylation sites is 1. The Bertz CT molecular complexity index is 950. The van der Waals surface area contributed by atoms with Crippen molar-refractivity contribution < 1.29 is 22.3 Å². The Morgan fingerprint density at radius 1 is 1.07 bits per heavy atom. The zero-order chi connectivity index (χ0) is 19.6. The summed E-state index contributed by atoms with van der Waals surface area (Å²) in [6.07, 6.45) is 0.689. The Kier molecular flexibility index (Phi) is 5.62. The Labute approximate surface area is 158 Å². The molecule has 5 nitrogen and oxygen atoms in total. The van der Waals surface area contributed by atoms with Crippen molar-refractivity contribution in [1.82, 2.24) is 4.31 Å². The van der Waals surface area contributed by atoms with Crippen LogP contribution in [0.15, 0.2) is 47.4 Å². The average molecular weight is 391 g/mol. The number of esters is 1. The molecule has 3 rings (SSSR count). The first-order chi connectivity index (χ1) is 12.8. The van der Waals surface area contributed by atoms with Crippen molar-refractivity contribution in [3.63, 3.8) is 0 Å². The molecular weight excluding hydrogens is 369 g/mol. The second kappa shape index (κ2) is 7.78. The molecule has 27 heavy (non-hydrogen) atoms. The highest BCUT2D eigenvalue weighted by atomic mass is 32.2. The maximum atomic E-state index is 13.6. The van der Waals surface area contributed by atoms with E-state index in [0.29, 0.717) is 12.8 Å². The fourth-order valence-electron chi connectivity index (χ4n) is 3.07. The van der Waals surface area contributed by atoms with Crippen LogP contribution in [0.25, 0.3) is 0 Å². The van der Waals surface area contributed by atoms with Gasteiger partial charge in [0.15, 0.2) is 11.6 Å². The summed E-state index contributed by atoms with van der Waals surface area (Å²) in [5.41, 5.74) is 1.95. The zero-order valence-corrected chi connectivity index (χ0v) is 16.1. The van der Waals surface area contributed by atoms with Gasteiger partial charge in [-0.15, -0.1) is 0 Å². The average Bonchev–Trinajstić information content (AvgIpc) is 2.65. The number of hydrogen-bond donors (Lipinski definition) is 0. The molecule has 144 valence electrons. The molecule has 2 aromatic carbocycles. The Hall–Kier alpha value is -2.25. The number of ether oxygens (including phenoxy) is 1. The molecule has 1 saturated heterocycles. The van der Waals surface area contributed by atoms with Crippen LogP contribution >= 0.6 is 0 Å². The summed E-state index contributed by atoms with van der Waals surface area (Å²) in [5.74, 6) is -1.67. The number of rotatable bonds is 4. The molecule has 0 unspecified atom stereocenters. The molecule has 0 aromatic heterocycles. The van der Waals surface area contributed by atoms with Crippen molar-refractivity contribution >= 4 is 16.0 Å². The van der Waals surface area contributed by atoms with Gasteiger partial charge in [0, 0.05) is 13.1 Å². The molecule has 0 spiro atoms. The quantitative estimate of drug-likeness (QED) is 0.592. The lowest BCUT2D eigenvalue weighted by Crippen LogP contribution is -2.41. The molecule has 1 fully saturated rings. The number of nitrogens with zero attached hydrogens (tertiary/aromatic N) is 1. The van der Waals surface area contributed by atoms with Gasteiger partial charge in [-0.05, 0) is 62.1 Å². The van der Waals surface area contributed by atoms with Crippen molar-refractivity contribution in [2.45, 2.75) is 31.6 Å². The molecule has 2 aromatic rings. The third kappa shape index (κ3) is 4.20. The first-order valence-electron chi connectivity index (χ1n) is 8.82. The smallest absolute Gasteiger partial charge is 0.314 e. The van der Waals surface area contributed by atoms with Gasteiger partial charge in [-0.2, -0.15) is 4.31 Å². The molecule has 0 saturated carbocycles. The van der Waals surface area contributed by atoms with Crippen molar-refractivity contribution in [3.8, 4) is 5.75 Å². The molecule has 7 heteroatoms. The Morgan fingerprint density at radius 3 is 2.37 bits per heavy atom. The lowest BCUT2D eigenvalue weighted by molar-refractivity contribution is -0.140. The van der Waals surface area contributed by atoms with E-state index in [1.54, 1.807) is 24.3 Å². The molecule has 0 amide bonds. The maximum absolute atomic E-state index is 13.6. The molecule has 1 heterocycles. The summed E-state index contributed by atoms with van der Waals surface area (Å²) in [5, 5.41) is 0. The van der Waals surface area contributed by atoms with E-state index < -0.39 is 27.7 Å². The van der Waals surface area contributed by atoms with Gasteiger partial charge in [0.25, 0.3) is 0 Å². The van der Waals surface area contributed by atoms with Gasteiger partial charge in [-0.25, -0.2) is 12.8 Å². The van der Waals surface area contributed by atoms with Crippen LogP contribution in [0.4, 0.5) is 4.39 Å². The fourth-order valence-corrected chi connectivity index (χ4v) is 4.63. The minimum absolute atomic E-state index is 0.104. The number of carbonyl (C=O) groups is 1. The lowest BCUT2D eigenvalue weighted by atomic mass is 9.98. The predicted octanol–water partition coefficient (Wildman–Crippen LogP) is 3.45. The minimum Gasteiger partial charge on any atom is -0.423 e. The first kappa shape index (κ1) is 19.5. The third-order valence-electron chi connectivity index (χ3n) is 4.95. The van der Waals surface area contributed by atoms with E-state index >= 15 is 0 Å². The van der Waals surface area contributed by atoms with Gasteiger partial charge in [0.05, 0.1) is 10.8 Å².